The van der Waals surface area contributed by atoms with E-state index >= 15 is 0 Å². The van der Waals surface area contributed by atoms with Crippen molar-refractivity contribution in [2.75, 3.05) is 45.3 Å². The normalized spacial score (nSPS) is 19.1. The van der Waals surface area contributed by atoms with E-state index in [-0.39, 0.29) is 17.5 Å². The van der Waals surface area contributed by atoms with Crippen LogP contribution < -0.4 is 10.2 Å². The van der Waals surface area contributed by atoms with Crippen molar-refractivity contribution in [1.29, 1.82) is 0 Å². The molecule has 1 N–H and O–H groups in total. The third-order valence-corrected chi connectivity index (χ3v) is 6.10. The molecule has 7 heteroatoms. The molecule has 1 spiro atoms. The first-order chi connectivity index (χ1) is 13.5. The molecule has 1 fully saturated rings. The van der Waals surface area contributed by atoms with Gasteiger partial charge >= 0.3 is 6.03 Å². The highest BCUT2D eigenvalue weighted by Gasteiger charge is 2.45. The van der Waals surface area contributed by atoms with E-state index in [1.165, 1.54) is 5.56 Å². The molecule has 0 bridgehead atoms. The van der Waals surface area contributed by atoms with Crippen LogP contribution in [0.1, 0.15) is 30.0 Å². The van der Waals surface area contributed by atoms with Gasteiger partial charge in [0.2, 0.25) is 0 Å². The Labute approximate surface area is 166 Å². The van der Waals surface area contributed by atoms with Crippen molar-refractivity contribution in [3.05, 3.63) is 47.8 Å². The zero-order valence-corrected chi connectivity index (χ0v) is 16.9. The molecule has 28 heavy (non-hydrogen) atoms. The summed E-state index contributed by atoms with van der Waals surface area (Å²) >= 11 is 0. The Hall–Kier alpha value is -2.38. The van der Waals surface area contributed by atoms with Crippen molar-refractivity contribution in [3.63, 3.8) is 0 Å². The zero-order valence-electron chi connectivity index (χ0n) is 16.9. The molecule has 7 nitrogen and oxygen atoms in total. The molecular formula is C21H29N5O2. The molecular weight excluding hydrogens is 354 g/mol. The molecule has 0 radical (unpaired) electrons. The Bertz CT molecular complexity index is 841. The molecule has 150 valence electrons. The van der Waals surface area contributed by atoms with Crippen LogP contribution in [-0.4, -0.2) is 61.1 Å². The summed E-state index contributed by atoms with van der Waals surface area (Å²) < 4.78 is 7.38. The highest BCUT2D eigenvalue weighted by molar-refractivity contribution is 5.95. The van der Waals surface area contributed by atoms with Crippen LogP contribution >= 0.6 is 0 Å². The molecule has 1 aromatic carbocycles. The number of urea groups is 1. The van der Waals surface area contributed by atoms with Crippen molar-refractivity contribution in [2.45, 2.75) is 24.3 Å². The van der Waals surface area contributed by atoms with E-state index in [9.17, 15) is 4.79 Å². The molecule has 2 aliphatic rings. The summed E-state index contributed by atoms with van der Waals surface area (Å²) in [5, 5.41) is 7.42. The van der Waals surface area contributed by atoms with Crippen molar-refractivity contribution in [3.8, 4) is 0 Å². The van der Waals surface area contributed by atoms with Crippen molar-refractivity contribution < 1.29 is 9.53 Å². The lowest BCUT2D eigenvalue weighted by Gasteiger charge is -2.34. The minimum atomic E-state index is -0.0356. The number of carbonyl (C=O) groups excluding carboxylic acids is 1. The smallest absolute Gasteiger partial charge is 0.321 e. The van der Waals surface area contributed by atoms with E-state index in [1.807, 2.05) is 44.5 Å². The number of fused-ring (bicyclic) bond motifs is 2. The number of benzene rings is 1. The quantitative estimate of drug-likeness (QED) is 0.880. The number of nitrogens with zero attached hydrogens (tertiary/aromatic N) is 4. The van der Waals surface area contributed by atoms with E-state index in [1.54, 1.807) is 4.68 Å². The second-order valence-corrected chi connectivity index (χ2v) is 8.11. The van der Waals surface area contributed by atoms with Crippen LogP contribution in [0.15, 0.2) is 36.7 Å². The molecule has 1 saturated heterocycles. The minimum absolute atomic E-state index is 0.0243. The number of nitrogens with one attached hydrogen (secondary N) is 1. The zero-order chi connectivity index (χ0) is 19.7. The minimum Gasteiger partial charge on any atom is -0.381 e. The van der Waals surface area contributed by atoms with Gasteiger partial charge in [-0.3, -0.25) is 9.58 Å². The van der Waals surface area contributed by atoms with Gasteiger partial charge in [-0.25, -0.2) is 4.79 Å². The number of rotatable bonds is 4. The van der Waals surface area contributed by atoms with Gasteiger partial charge in [-0.2, -0.15) is 5.10 Å². The molecule has 2 aromatic rings. The number of hydrogen-bond donors (Lipinski definition) is 1. The number of carbonyl (C=O) groups is 1. The van der Waals surface area contributed by atoms with E-state index in [0.717, 1.165) is 43.9 Å². The number of para-hydroxylation sites is 1. The topological polar surface area (TPSA) is 62.6 Å². The molecule has 1 unspecified atom stereocenters. The first-order valence-electron chi connectivity index (χ1n) is 9.88. The number of ether oxygens (including phenoxy) is 1. The molecule has 0 saturated carbocycles. The molecule has 0 aliphatic carbocycles. The Balaban J connectivity index is 1.50. The molecule has 3 heterocycles. The fraction of sp³-hybridized carbons (Fsp3) is 0.524. The van der Waals surface area contributed by atoms with Crippen LogP contribution in [0.2, 0.25) is 0 Å². The summed E-state index contributed by atoms with van der Waals surface area (Å²) in [6, 6.07) is 8.35. The first kappa shape index (κ1) is 19.0. The summed E-state index contributed by atoms with van der Waals surface area (Å²) in [6.07, 6.45) is 5.78. The van der Waals surface area contributed by atoms with Crippen molar-refractivity contribution >= 4 is 11.7 Å². The predicted molar refractivity (Wildman–Crippen MR) is 109 cm³/mol. The summed E-state index contributed by atoms with van der Waals surface area (Å²) in [5.41, 5.74) is 3.43. The lowest BCUT2D eigenvalue weighted by atomic mass is 9.76. The number of aromatic nitrogens is 2. The number of anilines is 1. The van der Waals surface area contributed by atoms with Gasteiger partial charge in [-0.15, -0.1) is 0 Å². The highest BCUT2D eigenvalue weighted by Crippen LogP contribution is 2.46. The fourth-order valence-corrected chi connectivity index (χ4v) is 4.49. The van der Waals surface area contributed by atoms with Gasteiger partial charge in [0.25, 0.3) is 0 Å². The van der Waals surface area contributed by atoms with Gasteiger partial charge in [0.05, 0.1) is 12.2 Å². The van der Waals surface area contributed by atoms with Gasteiger partial charge < -0.3 is 15.0 Å². The maximum atomic E-state index is 13.1. The van der Waals surface area contributed by atoms with Gasteiger partial charge in [0.15, 0.2) is 0 Å². The van der Waals surface area contributed by atoms with Crippen LogP contribution in [-0.2, 0) is 17.2 Å². The summed E-state index contributed by atoms with van der Waals surface area (Å²) in [7, 11) is 5.95. The highest BCUT2D eigenvalue weighted by atomic mass is 16.5. The number of hydrogen-bond acceptors (Lipinski definition) is 4. The monoisotopic (exact) mass is 383 g/mol. The molecule has 2 aliphatic heterocycles. The van der Waals surface area contributed by atoms with Gasteiger partial charge in [0, 0.05) is 56.2 Å². The Morgan fingerprint density at radius 1 is 1.32 bits per heavy atom. The molecule has 4 rings (SSSR count). The second-order valence-electron chi connectivity index (χ2n) is 8.11. The van der Waals surface area contributed by atoms with Crippen LogP contribution in [0.25, 0.3) is 0 Å². The van der Waals surface area contributed by atoms with E-state index in [2.05, 4.69) is 33.5 Å². The molecule has 1 atom stereocenters. The Morgan fingerprint density at radius 2 is 2.07 bits per heavy atom. The lowest BCUT2D eigenvalue weighted by Crippen LogP contribution is -2.46. The SMILES string of the molecule is CN(C)C(CNC(=O)N1CC2(CCOCC2)c2ccccc21)c1cnn(C)c1. The van der Waals surface area contributed by atoms with E-state index < -0.39 is 0 Å². The molecule has 2 amide bonds. The van der Waals surface area contributed by atoms with E-state index in [0.29, 0.717) is 6.54 Å². The third-order valence-electron chi connectivity index (χ3n) is 6.10. The van der Waals surface area contributed by atoms with Crippen LogP contribution in [0.4, 0.5) is 10.5 Å². The van der Waals surface area contributed by atoms with Gasteiger partial charge in [-0.1, -0.05) is 18.2 Å². The average molecular weight is 383 g/mol. The Kier molecular flexibility index (Phi) is 5.12. The lowest BCUT2D eigenvalue weighted by molar-refractivity contribution is 0.0556. The number of amides is 2. The molecule has 1 aromatic heterocycles. The third kappa shape index (κ3) is 3.40. The van der Waals surface area contributed by atoms with Crippen LogP contribution in [0, 0.1) is 0 Å². The Morgan fingerprint density at radius 3 is 2.75 bits per heavy atom. The van der Waals surface area contributed by atoms with Gasteiger partial charge in [-0.05, 0) is 38.6 Å². The van der Waals surface area contributed by atoms with Gasteiger partial charge in [0.1, 0.15) is 0 Å². The van der Waals surface area contributed by atoms with Crippen LogP contribution in [0.5, 0.6) is 0 Å². The van der Waals surface area contributed by atoms with E-state index in [4.69, 9.17) is 4.74 Å². The average Bonchev–Trinajstić information content (AvgIpc) is 3.25. The summed E-state index contributed by atoms with van der Waals surface area (Å²) in [6.45, 7) is 2.77. The largest absolute Gasteiger partial charge is 0.381 e. The summed E-state index contributed by atoms with van der Waals surface area (Å²) in [5.74, 6) is 0. The second kappa shape index (κ2) is 7.56. The summed E-state index contributed by atoms with van der Waals surface area (Å²) in [4.78, 5) is 17.2. The maximum Gasteiger partial charge on any atom is 0.321 e. The number of aryl methyl sites for hydroxylation is 1. The van der Waals surface area contributed by atoms with Crippen molar-refractivity contribution in [1.82, 2.24) is 20.0 Å². The first-order valence-corrected chi connectivity index (χ1v) is 9.88. The fourth-order valence-electron chi connectivity index (χ4n) is 4.49. The predicted octanol–water partition coefficient (Wildman–Crippen LogP) is 2.30. The van der Waals surface area contributed by atoms with Crippen molar-refractivity contribution in [2.24, 2.45) is 7.05 Å². The van der Waals surface area contributed by atoms with Crippen LogP contribution in [0.3, 0.4) is 0 Å². The number of likely N-dealkylation sites (N-methyl/N-ethyl adjacent to an activating group) is 1. The standard InChI is InChI=1S/C21H29N5O2/c1-24(2)19(16-12-23-25(3)14-16)13-22-20(27)26-15-21(8-10-28-11-9-21)17-6-4-5-7-18(17)26/h4-7,12,14,19H,8-11,13,15H2,1-3H3,(H,22,27). The maximum absolute atomic E-state index is 13.1.